The van der Waals surface area contributed by atoms with E-state index >= 15 is 0 Å². The molecule has 4 rings (SSSR count). The molecule has 1 fully saturated rings. The largest absolute Gasteiger partial charge is 0.497 e. The van der Waals surface area contributed by atoms with Gasteiger partial charge in [-0.25, -0.2) is 0 Å². The minimum Gasteiger partial charge on any atom is -0.497 e. The fraction of sp³-hybridized carbons (Fsp3) is 0.375. The van der Waals surface area contributed by atoms with Crippen LogP contribution in [0.3, 0.4) is 0 Å². The number of carbonyl (C=O) groups excluding carboxylic acids is 1. The minimum atomic E-state index is -0.105. The first-order valence-electron chi connectivity index (χ1n) is 10.4. The Morgan fingerprint density at radius 3 is 2.55 bits per heavy atom. The third-order valence-electron chi connectivity index (χ3n) is 5.83. The number of aromatic amines is 1. The van der Waals surface area contributed by atoms with E-state index in [0.717, 1.165) is 34.7 Å². The number of nitrogens with one attached hydrogen (secondary N) is 2. The molecule has 1 saturated heterocycles. The van der Waals surface area contributed by atoms with E-state index in [0.29, 0.717) is 12.2 Å². The fourth-order valence-electron chi connectivity index (χ4n) is 3.87. The second-order valence-corrected chi connectivity index (χ2v) is 8.09. The molecular formula is C24H29N3O2. The van der Waals surface area contributed by atoms with Crippen LogP contribution < -0.4 is 10.1 Å². The van der Waals surface area contributed by atoms with E-state index < -0.39 is 0 Å². The first kappa shape index (κ1) is 19.5. The molecule has 5 nitrogen and oxygen atoms in total. The number of H-pyrrole nitrogens is 1. The van der Waals surface area contributed by atoms with Crippen LogP contribution in [-0.2, 0) is 13.1 Å². The van der Waals surface area contributed by atoms with Gasteiger partial charge in [0, 0.05) is 30.1 Å². The van der Waals surface area contributed by atoms with Crippen LogP contribution in [0.5, 0.6) is 5.75 Å². The Labute approximate surface area is 172 Å². The fourth-order valence-corrected chi connectivity index (χ4v) is 3.87. The van der Waals surface area contributed by atoms with E-state index in [-0.39, 0.29) is 5.91 Å². The molecule has 1 amide bonds. The van der Waals surface area contributed by atoms with Crippen molar-refractivity contribution in [1.29, 1.82) is 0 Å². The summed E-state index contributed by atoms with van der Waals surface area (Å²) < 4.78 is 5.24. The van der Waals surface area contributed by atoms with Crippen LogP contribution in [0.4, 0.5) is 0 Å². The predicted octanol–water partition coefficient (Wildman–Crippen LogP) is 4.34. The second kappa shape index (κ2) is 8.70. The van der Waals surface area contributed by atoms with Gasteiger partial charge in [0.25, 0.3) is 5.91 Å². The second-order valence-electron chi connectivity index (χ2n) is 8.09. The van der Waals surface area contributed by atoms with Crippen molar-refractivity contribution in [2.24, 2.45) is 5.92 Å². The maximum absolute atomic E-state index is 12.5. The van der Waals surface area contributed by atoms with Gasteiger partial charge in [-0.05, 0) is 61.2 Å². The Bertz CT molecular complexity index is 969. The topological polar surface area (TPSA) is 57.4 Å². The van der Waals surface area contributed by atoms with Crippen molar-refractivity contribution < 1.29 is 9.53 Å². The molecular weight excluding hydrogens is 362 g/mol. The molecule has 0 saturated carbocycles. The Kier molecular flexibility index (Phi) is 5.86. The summed E-state index contributed by atoms with van der Waals surface area (Å²) in [6.07, 6.45) is 2.59. The molecule has 0 spiro atoms. The van der Waals surface area contributed by atoms with E-state index in [4.69, 9.17) is 4.74 Å². The summed E-state index contributed by atoms with van der Waals surface area (Å²) in [4.78, 5) is 18.2. The molecule has 152 valence electrons. The summed E-state index contributed by atoms with van der Waals surface area (Å²) in [5, 5.41) is 3.99. The number of ether oxygens (including phenoxy) is 1. The summed E-state index contributed by atoms with van der Waals surface area (Å²) in [6.45, 7) is 6.24. The van der Waals surface area contributed by atoms with E-state index in [9.17, 15) is 4.79 Å². The monoisotopic (exact) mass is 391 g/mol. The number of benzene rings is 2. The molecule has 5 heteroatoms. The molecule has 2 aromatic carbocycles. The van der Waals surface area contributed by atoms with Gasteiger partial charge in [-0.15, -0.1) is 0 Å². The zero-order valence-electron chi connectivity index (χ0n) is 17.2. The molecule has 0 bridgehead atoms. The van der Waals surface area contributed by atoms with Crippen molar-refractivity contribution in [2.75, 3.05) is 20.2 Å². The van der Waals surface area contributed by atoms with Crippen molar-refractivity contribution in [3.05, 3.63) is 65.4 Å². The summed E-state index contributed by atoms with van der Waals surface area (Å²) in [5.41, 5.74) is 3.89. The molecule has 3 aromatic rings. The molecule has 0 unspecified atom stereocenters. The van der Waals surface area contributed by atoms with Crippen LogP contribution in [0.2, 0.25) is 0 Å². The average molecular weight is 392 g/mol. The highest BCUT2D eigenvalue weighted by molar-refractivity contribution is 5.98. The molecule has 1 aliphatic rings. The number of nitrogens with zero attached hydrogens (tertiary/aromatic N) is 1. The lowest BCUT2D eigenvalue weighted by Gasteiger charge is -2.30. The number of hydrogen-bond donors (Lipinski definition) is 2. The quantitative estimate of drug-likeness (QED) is 0.657. The maximum Gasteiger partial charge on any atom is 0.267 e. The molecule has 0 radical (unpaired) electrons. The van der Waals surface area contributed by atoms with Gasteiger partial charge < -0.3 is 15.0 Å². The molecule has 1 aliphatic heterocycles. The highest BCUT2D eigenvalue weighted by Crippen LogP contribution is 2.21. The van der Waals surface area contributed by atoms with Gasteiger partial charge in [0.2, 0.25) is 0 Å². The number of fused-ring (bicyclic) bond motifs is 1. The Hall–Kier alpha value is -2.79. The molecule has 0 aliphatic carbocycles. The summed E-state index contributed by atoms with van der Waals surface area (Å²) in [7, 11) is 1.63. The minimum absolute atomic E-state index is 0.105. The number of hydrogen-bond acceptors (Lipinski definition) is 3. The summed E-state index contributed by atoms with van der Waals surface area (Å²) >= 11 is 0. The van der Waals surface area contributed by atoms with E-state index in [1.807, 2.05) is 24.3 Å². The van der Waals surface area contributed by atoms with Crippen molar-refractivity contribution in [3.8, 4) is 5.75 Å². The molecule has 0 atom stereocenters. The van der Waals surface area contributed by atoms with Crippen molar-refractivity contribution in [3.63, 3.8) is 0 Å². The maximum atomic E-state index is 12.5. The summed E-state index contributed by atoms with van der Waals surface area (Å²) in [6, 6.07) is 16.2. The van der Waals surface area contributed by atoms with Crippen molar-refractivity contribution in [1.82, 2.24) is 15.2 Å². The molecule has 1 aromatic heterocycles. The molecule has 2 N–H and O–H groups in total. The van der Waals surface area contributed by atoms with Crippen molar-refractivity contribution in [2.45, 2.75) is 32.9 Å². The summed E-state index contributed by atoms with van der Waals surface area (Å²) in [5.74, 6) is 1.52. The third-order valence-corrected chi connectivity index (χ3v) is 5.83. The Balaban J connectivity index is 1.32. The first-order valence-corrected chi connectivity index (χ1v) is 10.4. The standard InChI is InChI=1S/C24H29N3O2/c1-17-9-11-27(12-10-17)16-19-5-3-18(4-6-19)15-25-24(28)23-13-20-7-8-21(29-2)14-22(20)26-23/h3-8,13-14,17,26H,9-12,15-16H2,1-2H3,(H,25,28). The average Bonchev–Trinajstić information content (AvgIpc) is 3.18. The molecule has 2 heterocycles. The van der Waals surface area contributed by atoms with Crippen LogP contribution in [0.1, 0.15) is 41.4 Å². The van der Waals surface area contributed by atoms with Crippen LogP contribution in [0, 0.1) is 5.92 Å². The van der Waals surface area contributed by atoms with E-state index in [1.54, 1.807) is 7.11 Å². The number of carbonyl (C=O) groups is 1. The number of aromatic nitrogens is 1. The van der Waals surface area contributed by atoms with Gasteiger partial charge in [0.05, 0.1) is 7.11 Å². The third kappa shape index (κ3) is 4.80. The van der Waals surface area contributed by atoms with Gasteiger partial charge in [0.1, 0.15) is 11.4 Å². The highest BCUT2D eigenvalue weighted by Gasteiger charge is 2.15. The van der Waals surface area contributed by atoms with Crippen LogP contribution in [0.15, 0.2) is 48.5 Å². The Morgan fingerprint density at radius 2 is 1.83 bits per heavy atom. The van der Waals surface area contributed by atoms with E-state index in [2.05, 4.69) is 46.4 Å². The highest BCUT2D eigenvalue weighted by atomic mass is 16.5. The SMILES string of the molecule is COc1ccc2cc(C(=O)NCc3ccc(CN4CCC(C)CC4)cc3)[nH]c2c1. The molecule has 29 heavy (non-hydrogen) atoms. The van der Waals surface area contributed by atoms with Gasteiger partial charge in [-0.2, -0.15) is 0 Å². The number of likely N-dealkylation sites (tertiary alicyclic amines) is 1. The van der Waals surface area contributed by atoms with Gasteiger partial charge in [-0.3, -0.25) is 9.69 Å². The number of piperidine rings is 1. The normalized spacial score (nSPS) is 15.5. The van der Waals surface area contributed by atoms with Crippen LogP contribution in [0.25, 0.3) is 10.9 Å². The zero-order chi connectivity index (χ0) is 20.2. The zero-order valence-corrected chi connectivity index (χ0v) is 17.2. The number of methoxy groups -OCH3 is 1. The smallest absolute Gasteiger partial charge is 0.267 e. The van der Waals surface area contributed by atoms with Crippen molar-refractivity contribution >= 4 is 16.8 Å². The lowest BCUT2D eigenvalue weighted by Crippen LogP contribution is -2.32. The van der Waals surface area contributed by atoms with Crippen LogP contribution >= 0.6 is 0 Å². The predicted molar refractivity (Wildman–Crippen MR) is 116 cm³/mol. The number of amides is 1. The lowest BCUT2D eigenvalue weighted by atomic mass is 9.99. The van der Waals surface area contributed by atoms with Gasteiger partial charge >= 0.3 is 0 Å². The van der Waals surface area contributed by atoms with Gasteiger partial charge in [0.15, 0.2) is 0 Å². The van der Waals surface area contributed by atoms with E-state index in [1.165, 1.54) is 31.5 Å². The van der Waals surface area contributed by atoms with Gasteiger partial charge in [-0.1, -0.05) is 31.2 Å². The van der Waals surface area contributed by atoms with Crippen LogP contribution in [-0.4, -0.2) is 36.0 Å². The first-order chi connectivity index (χ1) is 14.1. The lowest BCUT2D eigenvalue weighted by molar-refractivity contribution is 0.0946. The number of rotatable bonds is 6. The Morgan fingerprint density at radius 1 is 1.10 bits per heavy atom.